The van der Waals surface area contributed by atoms with E-state index in [2.05, 4.69) is 21.3 Å². The fraction of sp³-hybridized carbons (Fsp3) is 0.318. The Morgan fingerprint density at radius 2 is 0.948 bits per heavy atom. The van der Waals surface area contributed by atoms with Crippen molar-refractivity contribution in [2.45, 2.75) is 63.7 Å². The number of rotatable bonds is 11. The molecule has 0 aliphatic carbocycles. The average molecular weight is 789 g/mol. The molecule has 2 saturated heterocycles. The summed E-state index contributed by atoms with van der Waals surface area (Å²) in [5.41, 5.74) is 5.79. The molecule has 0 unspecified atom stereocenters. The molecule has 0 radical (unpaired) electrons. The smallest absolute Gasteiger partial charge is 0.407 e. The second-order valence-electron chi connectivity index (χ2n) is 14.4. The Morgan fingerprint density at radius 3 is 1.29 bits per heavy atom. The van der Waals surface area contributed by atoms with Crippen LogP contribution in [0.15, 0.2) is 97.1 Å². The first-order valence-electron chi connectivity index (χ1n) is 19.2. The number of hydrogen-bond donors (Lipinski definition) is 4. The summed E-state index contributed by atoms with van der Waals surface area (Å²) in [5.74, 6) is -1.43. The van der Waals surface area contributed by atoms with Crippen molar-refractivity contribution in [2.75, 3.05) is 37.9 Å². The maximum atomic E-state index is 13.8. The lowest BCUT2D eigenvalue weighted by Crippen LogP contribution is -2.48. The van der Waals surface area contributed by atoms with Crippen LogP contribution in [0.2, 0.25) is 0 Å². The molecule has 14 nitrogen and oxygen atoms in total. The quantitative estimate of drug-likeness (QED) is 0.143. The van der Waals surface area contributed by atoms with Gasteiger partial charge in [-0.25, -0.2) is 9.59 Å². The zero-order valence-corrected chi connectivity index (χ0v) is 33.0. The predicted octanol–water partition coefficient (Wildman–Crippen LogP) is 6.02. The first-order chi connectivity index (χ1) is 28.0. The first-order valence-corrected chi connectivity index (χ1v) is 19.2. The Morgan fingerprint density at radius 1 is 0.569 bits per heavy atom. The monoisotopic (exact) mass is 788 g/mol. The SMILES string of the molecule is COC(=O)N[C@@H](C(=O)N1CCC[C@H]1C(=O)Nc1ccc(-c2ccc(NC(=O)[C@@H]3CCCN3C(=O)[C@H](NC(=O)OC)c3ccccc3)c(C)c2)cc1C)c1ccccc1. The second-order valence-corrected chi connectivity index (χ2v) is 14.4. The lowest BCUT2D eigenvalue weighted by Gasteiger charge is -2.29. The van der Waals surface area contributed by atoms with Crippen molar-refractivity contribution < 1.29 is 38.2 Å². The van der Waals surface area contributed by atoms with Crippen molar-refractivity contribution in [3.8, 4) is 11.1 Å². The highest BCUT2D eigenvalue weighted by atomic mass is 16.5. The summed E-state index contributed by atoms with van der Waals surface area (Å²) < 4.78 is 9.54. The van der Waals surface area contributed by atoms with E-state index >= 15 is 0 Å². The van der Waals surface area contributed by atoms with Gasteiger partial charge in [-0.15, -0.1) is 0 Å². The van der Waals surface area contributed by atoms with Crippen LogP contribution in [-0.2, 0) is 28.7 Å². The van der Waals surface area contributed by atoms with Gasteiger partial charge in [0.05, 0.1) is 14.2 Å². The van der Waals surface area contributed by atoms with E-state index in [0.717, 1.165) is 22.3 Å². The van der Waals surface area contributed by atoms with Gasteiger partial charge in [-0.1, -0.05) is 72.8 Å². The molecule has 14 heteroatoms. The predicted molar refractivity (Wildman–Crippen MR) is 218 cm³/mol. The average Bonchev–Trinajstić information content (AvgIpc) is 3.95. The van der Waals surface area contributed by atoms with Crippen LogP contribution in [0.3, 0.4) is 0 Å². The Hall–Kier alpha value is -6.70. The lowest BCUT2D eigenvalue weighted by molar-refractivity contribution is -0.138. The standard InChI is InChI=1S/C44H48N6O8/c1-27-25-31(19-21-33(27)45-39(51)35-17-11-23-49(35)41(53)37(47-43(55)57-3)29-13-7-5-8-14-29)32-20-22-34(28(2)26-32)46-40(52)36-18-12-24-50(36)42(54)38(48-44(56)58-4)30-15-9-6-10-16-30/h5-10,13-16,19-22,25-26,35-38H,11-12,17-18,23-24H2,1-4H3,(H,45,51)(H,46,52)(H,47,55)(H,48,56)/t35-,36-,37+,38+/m0/s1. The third-order valence-electron chi connectivity index (χ3n) is 10.6. The number of aryl methyl sites for hydroxylation is 2. The van der Waals surface area contributed by atoms with Gasteiger partial charge in [-0.2, -0.15) is 0 Å². The zero-order valence-electron chi connectivity index (χ0n) is 33.0. The molecular formula is C44H48N6O8. The van der Waals surface area contributed by atoms with Gasteiger partial charge in [-0.05, 0) is 97.2 Å². The van der Waals surface area contributed by atoms with Crippen LogP contribution in [-0.4, -0.2) is 85.0 Å². The number of nitrogens with one attached hydrogen (secondary N) is 4. The Labute approximate surface area is 337 Å². The van der Waals surface area contributed by atoms with Crippen LogP contribution in [0.4, 0.5) is 21.0 Å². The van der Waals surface area contributed by atoms with Crippen molar-refractivity contribution in [3.05, 3.63) is 119 Å². The van der Waals surface area contributed by atoms with Crippen molar-refractivity contribution in [2.24, 2.45) is 0 Å². The highest BCUT2D eigenvalue weighted by Crippen LogP contribution is 2.31. The summed E-state index contributed by atoms with van der Waals surface area (Å²) in [6.45, 7) is 4.53. The minimum atomic E-state index is -1.01. The summed E-state index contributed by atoms with van der Waals surface area (Å²) in [4.78, 5) is 82.2. The molecule has 6 amide bonds. The molecule has 4 N–H and O–H groups in total. The van der Waals surface area contributed by atoms with E-state index in [9.17, 15) is 28.8 Å². The molecule has 4 atom stereocenters. The van der Waals surface area contributed by atoms with Gasteiger partial charge in [-0.3, -0.25) is 19.2 Å². The maximum absolute atomic E-state index is 13.8. The number of anilines is 2. The van der Waals surface area contributed by atoms with Crippen molar-refractivity contribution in [3.63, 3.8) is 0 Å². The van der Waals surface area contributed by atoms with Crippen LogP contribution < -0.4 is 21.3 Å². The van der Waals surface area contributed by atoms with Gasteiger partial charge >= 0.3 is 12.2 Å². The van der Waals surface area contributed by atoms with Crippen LogP contribution in [0.25, 0.3) is 11.1 Å². The number of carbonyl (C=O) groups excluding carboxylic acids is 6. The van der Waals surface area contributed by atoms with Crippen molar-refractivity contribution in [1.29, 1.82) is 0 Å². The molecule has 2 heterocycles. The van der Waals surface area contributed by atoms with Crippen LogP contribution >= 0.6 is 0 Å². The summed E-state index contributed by atoms with van der Waals surface area (Å²) in [5, 5.41) is 11.2. The molecule has 58 heavy (non-hydrogen) atoms. The molecule has 2 aliphatic rings. The lowest BCUT2D eigenvalue weighted by atomic mass is 9.99. The number of benzene rings is 4. The molecule has 4 aromatic carbocycles. The zero-order chi connectivity index (χ0) is 41.3. The van der Waals surface area contributed by atoms with Gasteiger partial charge in [0.2, 0.25) is 11.8 Å². The van der Waals surface area contributed by atoms with E-state index < -0.39 is 48.2 Å². The summed E-state index contributed by atoms with van der Waals surface area (Å²) in [6, 6.07) is 25.6. The maximum Gasteiger partial charge on any atom is 0.407 e. The third-order valence-corrected chi connectivity index (χ3v) is 10.6. The van der Waals surface area contributed by atoms with Gasteiger partial charge in [0.1, 0.15) is 24.2 Å². The highest BCUT2D eigenvalue weighted by molar-refractivity contribution is 6.01. The second kappa shape index (κ2) is 18.5. The fourth-order valence-corrected chi connectivity index (χ4v) is 7.56. The van der Waals surface area contributed by atoms with Crippen LogP contribution in [0.1, 0.15) is 60.0 Å². The number of nitrogens with zero attached hydrogens (tertiary/aromatic N) is 2. The summed E-state index contributed by atoms with van der Waals surface area (Å²) in [7, 11) is 2.46. The third kappa shape index (κ3) is 9.28. The summed E-state index contributed by atoms with van der Waals surface area (Å²) in [6.07, 6.45) is 0.733. The number of methoxy groups -OCH3 is 2. The largest absolute Gasteiger partial charge is 0.453 e. The molecule has 2 fully saturated rings. The van der Waals surface area contributed by atoms with E-state index in [1.807, 2.05) is 62.4 Å². The number of hydrogen-bond acceptors (Lipinski definition) is 8. The van der Waals surface area contributed by atoms with Crippen LogP contribution in [0.5, 0.6) is 0 Å². The van der Waals surface area contributed by atoms with E-state index in [1.54, 1.807) is 48.5 Å². The molecule has 0 bridgehead atoms. The Bertz CT molecular complexity index is 2010. The Kier molecular flexibility index (Phi) is 13.1. The van der Waals surface area contributed by atoms with E-state index in [1.165, 1.54) is 24.0 Å². The molecule has 0 aromatic heterocycles. The van der Waals surface area contributed by atoms with Crippen molar-refractivity contribution >= 4 is 47.2 Å². The number of ether oxygens (including phenoxy) is 2. The normalized spacial score (nSPS) is 17.1. The minimum absolute atomic E-state index is 0.319. The minimum Gasteiger partial charge on any atom is -0.453 e. The molecule has 302 valence electrons. The molecule has 2 aliphatic heterocycles. The number of likely N-dealkylation sites (tertiary alicyclic amines) is 2. The van der Waals surface area contributed by atoms with Gasteiger partial charge in [0, 0.05) is 24.5 Å². The van der Waals surface area contributed by atoms with Crippen LogP contribution in [0, 0.1) is 13.8 Å². The highest BCUT2D eigenvalue weighted by Gasteiger charge is 2.40. The number of amides is 6. The van der Waals surface area contributed by atoms with E-state index in [4.69, 9.17) is 9.47 Å². The van der Waals surface area contributed by atoms with Gasteiger partial charge in [0.25, 0.3) is 11.8 Å². The molecular weight excluding hydrogens is 741 g/mol. The number of carbonyl (C=O) groups is 6. The topological polar surface area (TPSA) is 175 Å². The molecule has 0 spiro atoms. The van der Waals surface area contributed by atoms with E-state index in [0.29, 0.717) is 61.3 Å². The molecule has 6 rings (SSSR count). The summed E-state index contributed by atoms with van der Waals surface area (Å²) >= 11 is 0. The molecule has 4 aromatic rings. The van der Waals surface area contributed by atoms with Gasteiger partial charge < -0.3 is 40.5 Å². The first kappa shape index (κ1) is 40.9. The number of alkyl carbamates (subject to hydrolysis) is 2. The van der Waals surface area contributed by atoms with Crippen molar-refractivity contribution in [1.82, 2.24) is 20.4 Å². The Balaban J connectivity index is 1.11. The molecule has 0 saturated carbocycles. The van der Waals surface area contributed by atoms with E-state index in [-0.39, 0.29) is 11.8 Å². The van der Waals surface area contributed by atoms with Gasteiger partial charge in [0.15, 0.2) is 0 Å². The fourth-order valence-electron chi connectivity index (χ4n) is 7.56.